The van der Waals surface area contributed by atoms with Crippen LogP contribution in [0.1, 0.15) is 15.9 Å². The summed E-state index contributed by atoms with van der Waals surface area (Å²) in [4.78, 5) is 14.0. The van der Waals surface area contributed by atoms with Gasteiger partial charge in [0.05, 0.1) is 16.3 Å². The first-order valence-electron chi connectivity index (χ1n) is 6.43. The molecular formula is C16H16ClFN2O. The summed E-state index contributed by atoms with van der Waals surface area (Å²) >= 11 is 6.14. The third-order valence-corrected chi connectivity index (χ3v) is 3.36. The quantitative estimate of drug-likeness (QED) is 0.925. The Morgan fingerprint density at radius 2 is 1.90 bits per heavy atom. The van der Waals surface area contributed by atoms with Gasteiger partial charge in [0.25, 0.3) is 5.91 Å². The highest BCUT2D eigenvalue weighted by Crippen LogP contribution is 2.27. The number of nitrogens with zero attached hydrogens (tertiary/aromatic N) is 1. The van der Waals surface area contributed by atoms with E-state index in [-0.39, 0.29) is 5.56 Å². The van der Waals surface area contributed by atoms with Crippen LogP contribution in [0.5, 0.6) is 0 Å². The Balaban J connectivity index is 2.24. The van der Waals surface area contributed by atoms with Crippen LogP contribution in [0, 0.1) is 12.7 Å². The highest BCUT2D eigenvalue weighted by molar-refractivity contribution is 6.33. The normalized spacial score (nSPS) is 10.3. The molecule has 21 heavy (non-hydrogen) atoms. The molecule has 0 bridgehead atoms. The molecular weight excluding hydrogens is 291 g/mol. The summed E-state index contributed by atoms with van der Waals surface area (Å²) in [5, 5.41) is 3.17. The molecule has 0 radical (unpaired) electrons. The molecule has 2 aromatic carbocycles. The van der Waals surface area contributed by atoms with Crippen molar-refractivity contribution in [2.75, 3.05) is 24.3 Å². The SMILES string of the molecule is Cc1ccc(F)c(C(=O)Nc2ccc(N(C)C)c(Cl)c2)c1. The van der Waals surface area contributed by atoms with Crippen molar-refractivity contribution >= 4 is 28.9 Å². The molecule has 2 rings (SSSR count). The van der Waals surface area contributed by atoms with Crippen LogP contribution in [0.2, 0.25) is 5.02 Å². The zero-order valence-electron chi connectivity index (χ0n) is 12.1. The lowest BCUT2D eigenvalue weighted by Gasteiger charge is -2.15. The van der Waals surface area contributed by atoms with Crippen molar-refractivity contribution < 1.29 is 9.18 Å². The number of hydrogen-bond donors (Lipinski definition) is 1. The monoisotopic (exact) mass is 306 g/mol. The fourth-order valence-corrected chi connectivity index (χ4v) is 2.31. The zero-order chi connectivity index (χ0) is 15.6. The number of nitrogens with one attached hydrogen (secondary N) is 1. The Kier molecular flexibility index (Phi) is 4.48. The van der Waals surface area contributed by atoms with Crippen LogP contribution in [-0.4, -0.2) is 20.0 Å². The minimum absolute atomic E-state index is 0.0165. The van der Waals surface area contributed by atoms with E-state index in [1.807, 2.05) is 19.0 Å². The maximum Gasteiger partial charge on any atom is 0.258 e. The van der Waals surface area contributed by atoms with Gasteiger partial charge in [0.1, 0.15) is 5.82 Å². The molecule has 110 valence electrons. The maximum atomic E-state index is 13.7. The van der Waals surface area contributed by atoms with Gasteiger partial charge >= 0.3 is 0 Å². The molecule has 2 aromatic rings. The van der Waals surface area contributed by atoms with Gasteiger partial charge in [-0.25, -0.2) is 4.39 Å². The Morgan fingerprint density at radius 3 is 2.52 bits per heavy atom. The van der Waals surface area contributed by atoms with E-state index in [9.17, 15) is 9.18 Å². The van der Waals surface area contributed by atoms with E-state index in [4.69, 9.17) is 11.6 Å². The van der Waals surface area contributed by atoms with Crippen LogP contribution >= 0.6 is 11.6 Å². The predicted octanol–water partition coefficient (Wildman–Crippen LogP) is 4.11. The number of hydrogen-bond acceptors (Lipinski definition) is 2. The molecule has 5 heteroatoms. The van der Waals surface area contributed by atoms with Gasteiger partial charge in [-0.15, -0.1) is 0 Å². The molecule has 0 atom stereocenters. The standard InChI is InChI=1S/C16H16ClFN2O/c1-10-4-6-14(18)12(8-10)16(21)19-11-5-7-15(20(2)3)13(17)9-11/h4-9H,1-3H3,(H,19,21). The molecule has 0 heterocycles. The lowest BCUT2D eigenvalue weighted by molar-refractivity contribution is 0.102. The molecule has 0 unspecified atom stereocenters. The van der Waals surface area contributed by atoms with Crippen LogP contribution in [0.25, 0.3) is 0 Å². The second-order valence-electron chi connectivity index (χ2n) is 5.00. The van der Waals surface area contributed by atoms with E-state index in [1.54, 1.807) is 31.2 Å². The first kappa shape index (κ1) is 15.3. The van der Waals surface area contributed by atoms with Gasteiger partial charge in [0.15, 0.2) is 0 Å². The lowest BCUT2D eigenvalue weighted by Crippen LogP contribution is -2.14. The van der Waals surface area contributed by atoms with Gasteiger partial charge < -0.3 is 10.2 Å². The summed E-state index contributed by atoms with van der Waals surface area (Å²) in [5.41, 5.74) is 2.21. The summed E-state index contributed by atoms with van der Waals surface area (Å²) < 4.78 is 13.7. The van der Waals surface area contributed by atoms with Crippen LogP contribution in [0.3, 0.4) is 0 Å². The summed E-state index contributed by atoms with van der Waals surface area (Å²) in [6.07, 6.45) is 0. The number of rotatable bonds is 3. The van der Waals surface area contributed by atoms with Crippen molar-refractivity contribution in [3.8, 4) is 0 Å². The average Bonchev–Trinajstić information content (AvgIpc) is 2.41. The molecule has 0 saturated carbocycles. The lowest BCUT2D eigenvalue weighted by atomic mass is 10.1. The van der Waals surface area contributed by atoms with Crippen molar-refractivity contribution in [2.45, 2.75) is 6.92 Å². The van der Waals surface area contributed by atoms with Gasteiger partial charge in [-0.3, -0.25) is 4.79 Å². The Bertz CT molecular complexity index is 686. The van der Waals surface area contributed by atoms with Gasteiger partial charge in [0.2, 0.25) is 0 Å². The maximum absolute atomic E-state index is 13.7. The van der Waals surface area contributed by atoms with E-state index >= 15 is 0 Å². The summed E-state index contributed by atoms with van der Waals surface area (Å²) in [6.45, 7) is 1.80. The van der Waals surface area contributed by atoms with E-state index < -0.39 is 11.7 Å². The van der Waals surface area contributed by atoms with Gasteiger partial charge in [0, 0.05) is 19.8 Å². The number of aryl methyl sites for hydroxylation is 1. The molecule has 0 saturated heterocycles. The largest absolute Gasteiger partial charge is 0.376 e. The molecule has 0 spiro atoms. The van der Waals surface area contributed by atoms with Crippen molar-refractivity contribution in [2.24, 2.45) is 0 Å². The predicted molar refractivity (Wildman–Crippen MR) is 84.9 cm³/mol. The van der Waals surface area contributed by atoms with Crippen LogP contribution < -0.4 is 10.2 Å². The smallest absolute Gasteiger partial charge is 0.258 e. The third-order valence-electron chi connectivity index (χ3n) is 3.05. The summed E-state index contributed by atoms with van der Waals surface area (Å²) in [6, 6.07) is 9.58. The number of amides is 1. The van der Waals surface area contributed by atoms with Crippen molar-refractivity contribution in [1.29, 1.82) is 0 Å². The zero-order valence-corrected chi connectivity index (χ0v) is 12.8. The average molecular weight is 307 g/mol. The topological polar surface area (TPSA) is 32.3 Å². The van der Waals surface area contributed by atoms with E-state index in [0.29, 0.717) is 10.7 Å². The van der Waals surface area contributed by atoms with Crippen molar-refractivity contribution in [1.82, 2.24) is 0 Å². The van der Waals surface area contributed by atoms with E-state index in [2.05, 4.69) is 5.32 Å². The molecule has 1 amide bonds. The molecule has 0 aliphatic carbocycles. The minimum Gasteiger partial charge on any atom is -0.376 e. The van der Waals surface area contributed by atoms with Crippen molar-refractivity contribution in [3.05, 3.63) is 58.4 Å². The highest BCUT2D eigenvalue weighted by Gasteiger charge is 2.13. The first-order valence-corrected chi connectivity index (χ1v) is 6.80. The molecule has 0 aliphatic rings. The number of anilines is 2. The fourth-order valence-electron chi connectivity index (χ4n) is 1.96. The molecule has 0 fully saturated rings. The van der Waals surface area contributed by atoms with Crippen LogP contribution in [0.15, 0.2) is 36.4 Å². The second kappa shape index (κ2) is 6.14. The molecule has 0 aromatic heterocycles. The Morgan fingerprint density at radius 1 is 1.19 bits per heavy atom. The van der Waals surface area contributed by atoms with Crippen LogP contribution in [-0.2, 0) is 0 Å². The Labute approximate surface area is 128 Å². The van der Waals surface area contributed by atoms with Gasteiger partial charge in [-0.2, -0.15) is 0 Å². The summed E-state index contributed by atoms with van der Waals surface area (Å²) in [7, 11) is 3.75. The van der Waals surface area contributed by atoms with Gasteiger partial charge in [-0.05, 0) is 37.3 Å². The molecule has 0 aliphatic heterocycles. The summed E-state index contributed by atoms with van der Waals surface area (Å²) in [5.74, 6) is -1.04. The third kappa shape index (κ3) is 3.52. The van der Waals surface area contributed by atoms with Crippen LogP contribution in [0.4, 0.5) is 15.8 Å². The number of halogens is 2. The minimum atomic E-state index is -0.547. The first-order chi connectivity index (χ1) is 9.88. The second-order valence-corrected chi connectivity index (χ2v) is 5.41. The van der Waals surface area contributed by atoms with Gasteiger partial charge in [-0.1, -0.05) is 23.2 Å². The highest BCUT2D eigenvalue weighted by atomic mass is 35.5. The van der Waals surface area contributed by atoms with Crippen molar-refractivity contribution in [3.63, 3.8) is 0 Å². The van der Waals surface area contributed by atoms with E-state index in [0.717, 1.165) is 11.3 Å². The molecule has 3 nitrogen and oxygen atoms in total. The number of carbonyl (C=O) groups excluding carboxylic acids is 1. The number of benzene rings is 2. The van der Waals surface area contributed by atoms with E-state index in [1.165, 1.54) is 12.1 Å². The number of carbonyl (C=O) groups is 1. The Hall–Kier alpha value is -2.07. The fraction of sp³-hybridized carbons (Fsp3) is 0.188. The molecule has 1 N–H and O–H groups in total.